The van der Waals surface area contributed by atoms with Gasteiger partial charge in [0.15, 0.2) is 0 Å². The van der Waals surface area contributed by atoms with E-state index in [2.05, 4.69) is 26.1 Å². The monoisotopic (exact) mass is 339 g/mol. The molecule has 0 bridgehead atoms. The van der Waals surface area contributed by atoms with Gasteiger partial charge in [-0.2, -0.15) is 0 Å². The predicted molar refractivity (Wildman–Crippen MR) is 102 cm³/mol. The van der Waals surface area contributed by atoms with Crippen LogP contribution in [0.1, 0.15) is 31.9 Å². The summed E-state index contributed by atoms with van der Waals surface area (Å²) in [6.07, 6.45) is 3.25. The number of rotatable bonds is 5. The van der Waals surface area contributed by atoms with Crippen molar-refractivity contribution >= 4 is 17.7 Å². The molecule has 4 heteroatoms. The molecule has 0 aromatic heterocycles. The van der Waals surface area contributed by atoms with E-state index in [0.29, 0.717) is 11.4 Å². The Hall–Kier alpha value is -2.75. The summed E-state index contributed by atoms with van der Waals surface area (Å²) >= 11 is 0. The average molecular weight is 339 g/mol. The molecule has 0 saturated heterocycles. The third-order valence-corrected chi connectivity index (χ3v) is 3.84. The van der Waals surface area contributed by atoms with E-state index in [0.717, 1.165) is 16.9 Å². The number of ether oxygens (including phenoxy) is 2. The minimum atomic E-state index is -0.216. The zero-order valence-corrected chi connectivity index (χ0v) is 15.4. The summed E-state index contributed by atoms with van der Waals surface area (Å²) in [6.45, 7) is 6.38. The van der Waals surface area contributed by atoms with E-state index < -0.39 is 0 Å². The molecule has 4 nitrogen and oxygen atoms in total. The van der Waals surface area contributed by atoms with Crippen molar-refractivity contribution < 1.29 is 14.3 Å². The first-order valence-electron chi connectivity index (χ1n) is 8.15. The summed E-state index contributed by atoms with van der Waals surface area (Å²) in [5.41, 5.74) is 2.67. The molecule has 0 atom stereocenters. The number of amides is 1. The molecule has 0 radical (unpaired) electrons. The Balaban J connectivity index is 2.17. The molecule has 0 unspecified atom stereocenters. The fourth-order valence-electron chi connectivity index (χ4n) is 2.36. The molecule has 2 rings (SSSR count). The number of benzene rings is 2. The van der Waals surface area contributed by atoms with Gasteiger partial charge < -0.3 is 14.8 Å². The Morgan fingerprint density at radius 3 is 2.44 bits per heavy atom. The van der Waals surface area contributed by atoms with Crippen LogP contribution in [0, 0.1) is 0 Å². The first-order valence-corrected chi connectivity index (χ1v) is 8.15. The number of methoxy groups -OCH3 is 2. The van der Waals surface area contributed by atoms with E-state index in [1.807, 2.05) is 42.5 Å². The summed E-state index contributed by atoms with van der Waals surface area (Å²) in [6, 6.07) is 13.4. The van der Waals surface area contributed by atoms with Crippen molar-refractivity contribution in [2.75, 3.05) is 19.5 Å². The van der Waals surface area contributed by atoms with Gasteiger partial charge in [-0.25, -0.2) is 0 Å². The van der Waals surface area contributed by atoms with Crippen LogP contribution in [0.2, 0.25) is 0 Å². The van der Waals surface area contributed by atoms with Crippen molar-refractivity contribution in [1.29, 1.82) is 0 Å². The number of anilines is 1. The number of hydrogen-bond donors (Lipinski definition) is 1. The molecule has 2 aromatic rings. The Labute approximate surface area is 149 Å². The van der Waals surface area contributed by atoms with E-state index in [-0.39, 0.29) is 11.3 Å². The third kappa shape index (κ3) is 5.11. The van der Waals surface area contributed by atoms with Gasteiger partial charge in [0.05, 0.1) is 19.9 Å². The Morgan fingerprint density at radius 2 is 1.80 bits per heavy atom. The Kier molecular flexibility index (Phi) is 5.86. The van der Waals surface area contributed by atoms with Crippen molar-refractivity contribution in [3.05, 3.63) is 59.7 Å². The molecule has 1 N–H and O–H groups in total. The second-order valence-electron chi connectivity index (χ2n) is 6.76. The lowest BCUT2D eigenvalue weighted by Gasteiger charge is -2.21. The molecule has 1 amide bonds. The van der Waals surface area contributed by atoms with E-state index in [1.165, 1.54) is 6.08 Å². The lowest BCUT2D eigenvalue weighted by Crippen LogP contribution is -2.14. The van der Waals surface area contributed by atoms with Crippen LogP contribution < -0.4 is 14.8 Å². The van der Waals surface area contributed by atoms with Crippen LogP contribution in [0.5, 0.6) is 11.5 Å². The second-order valence-corrected chi connectivity index (χ2v) is 6.76. The van der Waals surface area contributed by atoms with Crippen LogP contribution in [-0.4, -0.2) is 20.1 Å². The number of nitrogens with one attached hydrogen (secondary N) is 1. The molecule has 0 heterocycles. The van der Waals surface area contributed by atoms with Gasteiger partial charge in [-0.1, -0.05) is 39.0 Å². The lowest BCUT2D eigenvalue weighted by atomic mass is 9.87. The molecular weight excluding hydrogens is 314 g/mol. The smallest absolute Gasteiger partial charge is 0.248 e. The van der Waals surface area contributed by atoms with Crippen LogP contribution >= 0.6 is 0 Å². The van der Waals surface area contributed by atoms with Crippen LogP contribution in [0.4, 0.5) is 5.69 Å². The molecule has 25 heavy (non-hydrogen) atoms. The maximum absolute atomic E-state index is 12.3. The maximum atomic E-state index is 12.3. The highest BCUT2D eigenvalue weighted by atomic mass is 16.5. The van der Waals surface area contributed by atoms with E-state index >= 15 is 0 Å². The summed E-state index contributed by atoms with van der Waals surface area (Å²) in [5.74, 6) is 1.17. The zero-order chi connectivity index (χ0) is 18.4. The normalized spacial score (nSPS) is 11.4. The first kappa shape index (κ1) is 18.6. The maximum Gasteiger partial charge on any atom is 0.248 e. The molecular formula is C21H25NO3. The van der Waals surface area contributed by atoms with Crippen molar-refractivity contribution in [2.24, 2.45) is 0 Å². The summed E-state index contributed by atoms with van der Waals surface area (Å²) in [4.78, 5) is 12.3. The van der Waals surface area contributed by atoms with Gasteiger partial charge in [-0.3, -0.25) is 4.79 Å². The predicted octanol–water partition coefficient (Wildman–Crippen LogP) is 4.65. The summed E-state index contributed by atoms with van der Waals surface area (Å²) in [5, 5.41) is 2.89. The number of carbonyl (C=O) groups excluding carboxylic acids is 1. The quantitative estimate of drug-likeness (QED) is 0.806. The van der Waals surface area contributed by atoms with Crippen molar-refractivity contribution in [3.8, 4) is 11.5 Å². The number of carbonyl (C=O) groups is 1. The molecule has 0 saturated carbocycles. The lowest BCUT2D eigenvalue weighted by molar-refractivity contribution is -0.111. The van der Waals surface area contributed by atoms with E-state index in [9.17, 15) is 4.79 Å². The highest BCUT2D eigenvalue weighted by Crippen LogP contribution is 2.31. The largest absolute Gasteiger partial charge is 0.497 e. The van der Waals surface area contributed by atoms with Crippen LogP contribution in [-0.2, 0) is 10.2 Å². The fraction of sp³-hybridized carbons (Fsp3) is 0.286. The fourth-order valence-corrected chi connectivity index (χ4v) is 2.36. The van der Waals surface area contributed by atoms with Gasteiger partial charge in [-0.05, 0) is 46.9 Å². The van der Waals surface area contributed by atoms with Gasteiger partial charge in [0.25, 0.3) is 0 Å². The topological polar surface area (TPSA) is 47.6 Å². The average Bonchev–Trinajstić information content (AvgIpc) is 2.59. The molecule has 132 valence electrons. The van der Waals surface area contributed by atoms with Crippen LogP contribution in [0.25, 0.3) is 6.08 Å². The summed E-state index contributed by atoms with van der Waals surface area (Å²) < 4.78 is 10.5. The first-order chi connectivity index (χ1) is 11.8. The molecule has 0 aliphatic heterocycles. The molecule has 0 fully saturated rings. The highest BCUT2D eigenvalue weighted by molar-refractivity contribution is 6.02. The van der Waals surface area contributed by atoms with Crippen molar-refractivity contribution in [3.63, 3.8) is 0 Å². The van der Waals surface area contributed by atoms with Gasteiger partial charge in [-0.15, -0.1) is 0 Å². The molecule has 0 aliphatic carbocycles. The van der Waals surface area contributed by atoms with Crippen LogP contribution in [0.15, 0.2) is 48.5 Å². The minimum Gasteiger partial charge on any atom is -0.497 e. The Morgan fingerprint density at radius 1 is 1.04 bits per heavy atom. The third-order valence-electron chi connectivity index (χ3n) is 3.84. The van der Waals surface area contributed by atoms with Crippen molar-refractivity contribution in [2.45, 2.75) is 26.2 Å². The Bertz CT molecular complexity index is 773. The van der Waals surface area contributed by atoms with Gasteiger partial charge in [0.2, 0.25) is 5.91 Å². The summed E-state index contributed by atoms with van der Waals surface area (Å²) in [7, 11) is 3.21. The number of hydrogen-bond acceptors (Lipinski definition) is 3. The SMILES string of the molecule is COc1cccc(/C=C/C(=O)Nc2cc(C(C)(C)C)ccc2OC)c1. The standard InChI is InChI=1S/C21H25NO3/c1-21(2,3)16-10-11-19(25-5)18(14-16)22-20(23)12-9-15-7-6-8-17(13-15)24-4/h6-14H,1-5H3,(H,22,23)/b12-9+. The molecule has 0 aliphatic rings. The van der Waals surface area contributed by atoms with Gasteiger partial charge >= 0.3 is 0 Å². The zero-order valence-electron chi connectivity index (χ0n) is 15.4. The molecule has 2 aromatic carbocycles. The van der Waals surface area contributed by atoms with Crippen molar-refractivity contribution in [1.82, 2.24) is 0 Å². The molecule has 0 spiro atoms. The van der Waals surface area contributed by atoms with Gasteiger partial charge in [0, 0.05) is 6.08 Å². The van der Waals surface area contributed by atoms with Crippen LogP contribution in [0.3, 0.4) is 0 Å². The second kappa shape index (κ2) is 7.88. The highest BCUT2D eigenvalue weighted by Gasteiger charge is 2.16. The van der Waals surface area contributed by atoms with E-state index in [4.69, 9.17) is 9.47 Å². The minimum absolute atomic E-state index is 0.0117. The van der Waals surface area contributed by atoms with Gasteiger partial charge in [0.1, 0.15) is 11.5 Å². The van der Waals surface area contributed by atoms with E-state index in [1.54, 1.807) is 20.3 Å².